The molecule has 1 amide bonds. The molecule has 1 atom stereocenters. The van der Waals surface area contributed by atoms with Crippen LogP contribution in [0.4, 0.5) is 0 Å². The zero-order valence-electron chi connectivity index (χ0n) is 10.6. The minimum Gasteiger partial charge on any atom is -0.385 e. The lowest BCUT2D eigenvalue weighted by Gasteiger charge is -2.13. The fourth-order valence-electron chi connectivity index (χ4n) is 1.75. The molecule has 1 heterocycles. The molecule has 0 aliphatic rings. The summed E-state index contributed by atoms with van der Waals surface area (Å²) in [6.07, 6.45) is 2.42. The van der Waals surface area contributed by atoms with E-state index in [1.54, 1.807) is 25.6 Å². The van der Waals surface area contributed by atoms with Crippen LogP contribution >= 0.6 is 0 Å². The molecule has 0 bridgehead atoms. The number of imidazole rings is 1. The van der Waals surface area contributed by atoms with Gasteiger partial charge in [-0.15, -0.1) is 0 Å². The Kier molecular flexibility index (Phi) is 3.94. The highest BCUT2D eigenvalue weighted by Crippen LogP contribution is 2.11. The van der Waals surface area contributed by atoms with Crippen LogP contribution in [0, 0.1) is 0 Å². The normalized spacial score (nSPS) is 12.6. The molecule has 1 aromatic carbocycles. The highest BCUT2D eigenvalue weighted by molar-refractivity contribution is 5.97. The molecule has 0 aliphatic carbocycles. The Morgan fingerprint density at radius 1 is 1.56 bits per heavy atom. The number of amides is 1. The molecule has 0 spiro atoms. The van der Waals surface area contributed by atoms with E-state index in [4.69, 9.17) is 4.74 Å². The molecule has 5 nitrogen and oxygen atoms in total. The summed E-state index contributed by atoms with van der Waals surface area (Å²) < 4.78 is 4.98. The molecule has 0 radical (unpaired) electrons. The van der Waals surface area contributed by atoms with Crippen LogP contribution in [0.15, 0.2) is 24.5 Å². The second-order valence-electron chi connectivity index (χ2n) is 4.29. The third-order valence-electron chi connectivity index (χ3n) is 2.81. The number of aromatic amines is 1. The lowest BCUT2D eigenvalue weighted by molar-refractivity contribution is 0.0929. The average molecular weight is 247 g/mol. The molecule has 0 unspecified atom stereocenters. The molecule has 96 valence electrons. The summed E-state index contributed by atoms with van der Waals surface area (Å²) in [6.45, 7) is 2.60. The first kappa shape index (κ1) is 12.6. The van der Waals surface area contributed by atoms with Gasteiger partial charge in [0, 0.05) is 25.3 Å². The number of hydrogen-bond donors (Lipinski definition) is 2. The number of H-pyrrole nitrogens is 1. The van der Waals surface area contributed by atoms with Crippen molar-refractivity contribution in [2.24, 2.45) is 0 Å². The zero-order chi connectivity index (χ0) is 13.0. The largest absolute Gasteiger partial charge is 0.385 e. The lowest BCUT2D eigenvalue weighted by Crippen LogP contribution is -2.33. The number of rotatable bonds is 5. The third kappa shape index (κ3) is 2.87. The van der Waals surface area contributed by atoms with Crippen molar-refractivity contribution in [1.29, 1.82) is 0 Å². The van der Waals surface area contributed by atoms with Crippen LogP contribution < -0.4 is 5.32 Å². The van der Waals surface area contributed by atoms with Crippen LogP contribution in [0.1, 0.15) is 23.7 Å². The third-order valence-corrected chi connectivity index (χ3v) is 2.81. The minimum absolute atomic E-state index is 0.0740. The Morgan fingerprint density at radius 3 is 3.17 bits per heavy atom. The van der Waals surface area contributed by atoms with Gasteiger partial charge in [-0.25, -0.2) is 4.98 Å². The van der Waals surface area contributed by atoms with Gasteiger partial charge in [0.05, 0.1) is 17.4 Å². The van der Waals surface area contributed by atoms with E-state index in [0.29, 0.717) is 12.2 Å². The number of nitrogens with zero attached hydrogens (tertiary/aromatic N) is 1. The molecular weight excluding hydrogens is 230 g/mol. The number of nitrogens with one attached hydrogen (secondary N) is 2. The van der Waals surface area contributed by atoms with E-state index in [2.05, 4.69) is 15.3 Å². The standard InChI is InChI=1S/C13H17N3O2/c1-9(5-6-18-2)16-13(17)10-3-4-11-12(7-10)15-8-14-11/h3-4,7-9H,5-6H2,1-2H3,(H,14,15)(H,16,17)/t9-/m1/s1. The summed E-state index contributed by atoms with van der Waals surface area (Å²) in [5, 5.41) is 2.93. The number of methoxy groups -OCH3 is 1. The summed E-state index contributed by atoms with van der Waals surface area (Å²) in [6, 6.07) is 5.51. The van der Waals surface area contributed by atoms with Crippen LogP contribution in [0.2, 0.25) is 0 Å². The Balaban J connectivity index is 2.03. The van der Waals surface area contributed by atoms with Gasteiger partial charge in [-0.3, -0.25) is 4.79 Å². The Morgan fingerprint density at radius 2 is 2.39 bits per heavy atom. The Labute approximate surface area is 106 Å². The first-order valence-electron chi connectivity index (χ1n) is 5.93. The van der Waals surface area contributed by atoms with Crippen LogP contribution in [0.3, 0.4) is 0 Å². The monoisotopic (exact) mass is 247 g/mol. The highest BCUT2D eigenvalue weighted by atomic mass is 16.5. The SMILES string of the molecule is COCC[C@@H](C)NC(=O)c1ccc2nc[nH]c2c1. The van der Waals surface area contributed by atoms with E-state index >= 15 is 0 Å². The second kappa shape index (κ2) is 5.64. The molecule has 0 aliphatic heterocycles. The van der Waals surface area contributed by atoms with Crippen molar-refractivity contribution in [3.8, 4) is 0 Å². The van der Waals surface area contributed by atoms with Gasteiger partial charge in [0.1, 0.15) is 0 Å². The molecule has 0 fully saturated rings. The van der Waals surface area contributed by atoms with Crippen LogP contribution in [0.25, 0.3) is 11.0 Å². The maximum atomic E-state index is 12.0. The fraction of sp³-hybridized carbons (Fsp3) is 0.385. The van der Waals surface area contributed by atoms with E-state index in [-0.39, 0.29) is 11.9 Å². The summed E-state index contributed by atoms with van der Waals surface area (Å²) in [7, 11) is 1.65. The minimum atomic E-state index is -0.0740. The number of carbonyl (C=O) groups is 1. The van der Waals surface area contributed by atoms with Gasteiger partial charge in [-0.05, 0) is 31.5 Å². The van der Waals surface area contributed by atoms with Gasteiger partial charge < -0.3 is 15.0 Å². The fourth-order valence-corrected chi connectivity index (χ4v) is 1.75. The van der Waals surface area contributed by atoms with Gasteiger partial charge >= 0.3 is 0 Å². The van der Waals surface area contributed by atoms with E-state index in [1.165, 1.54) is 0 Å². The number of carbonyl (C=O) groups excluding carboxylic acids is 1. The number of fused-ring (bicyclic) bond motifs is 1. The predicted octanol–water partition coefficient (Wildman–Crippen LogP) is 1.72. The highest BCUT2D eigenvalue weighted by Gasteiger charge is 2.10. The van der Waals surface area contributed by atoms with Gasteiger partial charge in [0.25, 0.3) is 5.91 Å². The summed E-state index contributed by atoms with van der Waals surface area (Å²) in [5.74, 6) is -0.0740. The molecule has 0 saturated heterocycles. The maximum Gasteiger partial charge on any atom is 0.251 e. The number of benzene rings is 1. The number of aromatic nitrogens is 2. The molecule has 2 rings (SSSR count). The van der Waals surface area contributed by atoms with Crippen molar-refractivity contribution >= 4 is 16.9 Å². The zero-order valence-corrected chi connectivity index (χ0v) is 10.6. The number of ether oxygens (including phenoxy) is 1. The Hall–Kier alpha value is -1.88. The van der Waals surface area contributed by atoms with E-state index in [0.717, 1.165) is 17.5 Å². The van der Waals surface area contributed by atoms with Crippen molar-refractivity contribution in [2.45, 2.75) is 19.4 Å². The van der Waals surface area contributed by atoms with Crippen molar-refractivity contribution in [3.05, 3.63) is 30.1 Å². The van der Waals surface area contributed by atoms with E-state index in [9.17, 15) is 4.79 Å². The smallest absolute Gasteiger partial charge is 0.251 e. The van der Waals surface area contributed by atoms with Crippen molar-refractivity contribution in [2.75, 3.05) is 13.7 Å². The first-order chi connectivity index (χ1) is 8.70. The molecule has 1 aromatic heterocycles. The quantitative estimate of drug-likeness (QED) is 0.845. The Bertz CT molecular complexity index is 536. The van der Waals surface area contributed by atoms with Crippen LogP contribution in [-0.4, -0.2) is 35.6 Å². The topological polar surface area (TPSA) is 67.0 Å². The summed E-state index contributed by atoms with van der Waals surface area (Å²) in [5.41, 5.74) is 2.36. The van der Waals surface area contributed by atoms with E-state index < -0.39 is 0 Å². The summed E-state index contributed by atoms with van der Waals surface area (Å²) >= 11 is 0. The molecule has 5 heteroatoms. The second-order valence-corrected chi connectivity index (χ2v) is 4.29. The molecule has 2 N–H and O–H groups in total. The van der Waals surface area contributed by atoms with Crippen LogP contribution in [0.5, 0.6) is 0 Å². The van der Waals surface area contributed by atoms with Gasteiger partial charge in [0.2, 0.25) is 0 Å². The first-order valence-corrected chi connectivity index (χ1v) is 5.93. The van der Waals surface area contributed by atoms with Crippen molar-refractivity contribution in [1.82, 2.24) is 15.3 Å². The van der Waals surface area contributed by atoms with Crippen molar-refractivity contribution < 1.29 is 9.53 Å². The molecule has 18 heavy (non-hydrogen) atoms. The molecule has 0 saturated carbocycles. The average Bonchev–Trinajstić information content (AvgIpc) is 2.83. The summed E-state index contributed by atoms with van der Waals surface area (Å²) in [4.78, 5) is 19.1. The van der Waals surface area contributed by atoms with Crippen LogP contribution in [-0.2, 0) is 4.74 Å². The number of hydrogen-bond acceptors (Lipinski definition) is 3. The van der Waals surface area contributed by atoms with E-state index in [1.807, 2.05) is 13.0 Å². The molecule has 2 aromatic rings. The maximum absolute atomic E-state index is 12.0. The predicted molar refractivity (Wildman–Crippen MR) is 69.5 cm³/mol. The van der Waals surface area contributed by atoms with Gasteiger partial charge in [-0.1, -0.05) is 0 Å². The lowest BCUT2D eigenvalue weighted by atomic mass is 10.1. The molecular formula is C13H17N3O2. The van der Waals surface area contributed by atoms with Gasteiger partial charge in [0.15, 0.2) is 0 Å². The van der Waals surface area contributed by atoms with Crippen molar-refractivity contribution in [3.63, 3.8) is 0 Å². The van der Waals surface area contributed by atoms with Gasteiger partial charge in [-0.2, -0.15) is 0 Å².